The largest absolute Gasteiger partial charge is 0.359 e. The van der Waals surface area contributed by atoms with Crippen LogP contribution in [0, 0.1) is 11.3 Å². The molecule has 2 heterocycles. The second-order valence-electron chi connectivity index (χ2n) is 6.87. The highest BCUT2D eigenvalue weighted by atomic mass is 32.1. The molecule has 0 bridgehead atoms. The van der Waals surface area contributed by atoms with Crippen molar-refractivity contribution in [3.05, 3.63) is 45.8 Å². The smallest absolute Gasteiger partial charge is 0.244 e. The summed E-state index contributed by atoms with van der Waals surface area (Å²) in [4.78, 5) is 16.1. The molecule has 0 radical (unpaired) electrons. The van der Waals surface area contributed by atoms with Gasteiger partial charge in [-0.1, -0.05) is 18.2 Å². The SMILES string of the molecule is C[C@@H]1CCc2ccccc2N1CC(=O)Nc1sc2c(c1C#N)CCC2. The lowest BCUT2D eigenvalue weighted by Crippen LogP contribution is -2.42. The van der Waals surface area contributed by atoms with Crippen molar-refractivity contribution in [3.63, 3.8) is 0 Å². The molecule has 0 unspecified atom stereocenters. The van der Waals surface area contributed by atoms with Crippen LogP contribution in [0.15, 0.2) is 24.3 Å². The topological polar surface area (TPSA) is 56.1 Å². The van der Waals surface area contributed by atoms with E-state index in [-0.39, 0.29) is 5.91 Å². The van der Waals surface area contributed by atoms with Gasteiger partial charge in [-0.25, -0.2) is 0 Å². The number of aryl methyl sites for hydroxylation is 2. The van der Waals surface area contributed by atoms with Gasteiger partial charge in [0, 0.05) is 16.6 Å². The third kappa shape index (κ3) is 2.91. The van der Waals surface area contributed by atoms with E-state index in [4.69, 9.17) is 0 Å². The molecule has 1 N–H and O–H groups in total. The first-order valence-electron chi connectivity index (χ1n) is 8.86. The number of anilines is 2. The summed E-state index contributed by atoms with van der Waals surface area (Å²) in [6, 6.07) is 10.9. The van der Waals surface area contributed by atoms with Gasteiger partial charge in [0.1, 0.15) is 11.1 Å². The monoisotopic (exact) mass is 351 g/mol. The molecule has 2 aromatic rings. The van der Waals surface area contributed by atoms with Gasteiger partial charge in [-0.05, 0) is 56.2 Å². The number of rotatable bonds is 3. The van der Waals surface area contributed by atoms with Crippen LogP contribution in [0.25, 0.3) is 0 Å². The van der Waals surface area contributed by atoms with E-state index in [1.807, 2.05) is 6.07 Å². The van der Waals surface area contributed by atoms with E-state index in [1.165, 1.54) is 10.4 Å². The summed E-state index contributed by atoms with van der Waals surface area (Å²) >= 11 is 1.58. The molecule has 1 atom stereocenters. The number of para-hydroxylation sites is 1. The minimum absolute atomic E-state index is 0.0417. The fourth-order valence-corrected chi connectivity index (χ4v) is 5.19. The Morgan fingerprint density at radius 1 is 1.36 bits per heavy atom. The lowest BCUT2D eigenvalue weighted by Gasteiger charge is -2.36. The molecule has 1 aromatic heterocycles. The number of hydrogen-bond acceptors (Lipinski definition) is 4. The van der Waals surface area contributed by atoms with Gasteiger partial charge in [0.2, 0.25) is 5.91 Å². The van der Waals surface area contributed by atoms with E-state index in [0.29, 0.717) is 18.2 Å². The highest BCUT2D eigenvalue weighted by Gasteiger charge is 2.26. The Labute approximate surface area is 152 Å². The highest BCUT2D eigenvalue weighted by Crippen LogP contribution is 2.38. The Bertz CT molecular complexity index is 864. The van der Waals surface area contributed by atoms with Crippen molar-refractivity contribution in [2.24, 2.45) is 0 Å². The highest BCUT2D eigenvalue weighted by molar-refractivity contribution is 7.16. The number of hydrogen-bond donors (Lipinski definition) is 1. The third-order valence-electron chi connectivity index (χ3n) is 5.26. The van der Waals surface area contributed by atoms with Crippen molar-refractivity contribution < 1.29 is 4.79 Å². The average molecular weight is 351 g/mol. The molecule has 1 aromatic carbocycles. The molecule has 5 heteroatoms. The van der Waals surface area contributed by atoms with Gasteiger partial charge in [-0.3, -0.25) is 4.79 Å². The number of thiophene rings is 1. The lowest BCUT2D eigenvalue weighted by molar-refractivity contribution is -0.115. The van der Waals surface area contributed by atoms with Crippen LogP contribution in [0.3, 0.4) is 0 Å². The van der Waals surface area contributed by atoms with Crippen LogP contribution < -0.4 is 10.2 Å². The molecule has 0 fully saturated rings. The molecule has 1 aliphatic carbocycles. The van der Waals surface area contributed by atoms with E-state index in [9.17, 15) is 10.1 Å². The lowest BCUT2D eigenvalue weighted by atomic mass is 9.96. The summed E-state index contributed by atoms with van der Waals surface area (Å²) in [5.74, 6) is -0.0417. The van der Waals surface area contributed by atoms with Gasteiger partial charge >= 0.3 is 0 Å². The van der Waals surface area contributed by atoms with Crippen LogP contribution in [0.5, 0.6) is 0 Å². The third-order valence-corrected chi connectivity index (χ3v) is 6.47. The quantitative estimate of drug-likeness (QED) is 0.913. The second kappa shape index (κ2) is 6.53. The zero-order chi connectivity index (χ0) is 17.4. The van der Waals surface area contributed by atoms with Crippen molar-refractivity contribution in [1.82, 2.24) is 0 Å². The summed E-state index contributed by atoms with van der Waals surface area (Å²) in [6.07, 6.45) is 5.22. The number of nitrogens with zero attached hydrogens (tertiary/aromatic N) is 2. The Kier molecular flexibility index (Phi) is 4.22. The predicted molar refractivity (Wildman–Crippen MR) is 101 cm³/mol. The Hall–Kier alpha value is -2.32. The number of amides is 1. The normalized spacial score (nSPS) is 18.4. The number of benzene rings is 1. The van der Waals surface area contributed by atoms with Gasteiger partial charge in [-0.15, -0.1) is 11.3 Å². The van der Waals surface area contributed by atoms with Crippen molar-refractivity contribution >= 4 is 27.9 Å². The number of nitrogens with one attached hydrogen (secondary N) is 1. The van der Waals surface area contributed by atoms with Gasteiger partial charge < -0.3 is 10.2 Å². The van der Waals surface area contributed by atoms with E-state index in [0.717, 1.165) is 48.4 Å². The van der Waals surface area contributed by atoms with Gasteiger partial charge in [0.05, 0.1) is 12.1 Å². The first kappa shape index (κ1) is 16.2. The fourth-order valence-electron chi connectivity index (χ4n) is 3.93. The molecule has 25 heavy (non-hydrogen) atoms. The van der Waals surface area contributed by atoms with Crippen LogP contribution in [0.2, 0.25) is 0 Å². The van der Waals surface area contributed by atoms with Crippen LogP contribution in [-0.2, 0) is 24.1 Å². The van der Waals surface area contributed by atoms with Crippen LogP contribution in [0.4, 0.5) is 10.7 Å². The van der Waals surface area contributed by atoms with E-state index in [1.54, 1.807) is 11.3 Å². The summed E-state index contributed by atoms with van der Waals surface area (Å²) in [5, 5.41) is 13.2. The van der Waals surface area contributed by atoms with Gasteiger partial charge in [-0.2, -0.15) is 5.26 Å². The minimum Gasteiger partial charge on any atom is -0.359 e. The first-order chi connectivity index (χ1) is 12.2. The van der Waals surface area contributed by atoms with Crippen LogP contribution >= 0.6 is 11.3 Å². The second-order valence-corrected chi connectivity index (χ2v) is 7.97. The molecule has 4 rings (SSSR count). The van der Waals surface area contributed by atoms with E-state index >= 15 is 0 Å². The molecule has 0 saturated carbocycles. The zero-order valence-electron chi connectivity index (χ0n) is 14.3. The van der Waals surface area contributed by atoms with E-state index in [2.05, 4.69) is 41.4 Å². The minimum atomic E-state index is -0.0417. The standard InChI is InChI=1S/C20H21N3OS/c1-13-9-10-14-5-2-3-7-17(14)23(13)12-19(24)22-20-16(11-21)15-6-4-8-18(15)25-20/h2-3,5,7,13H,4,6,8-10,12H2,1H3,(H,22,24)/t13-/m1/s1. The van der Waals surface area contributed by atoms with Gasteiger partial charge in [0.25, 0.3) is 0 Å². The zero-order valence-corrected chi connectivity index (χ0v) is 15.2. The Morgan fingerprint density at radius 2 is 2.20 bits per heavy atom. The average Bonchev–Trinajstić information content (AvgIpc) is 3.18. The fraction of sp³-hybridized carbons (Fsp3) is 0.400. The molecule has 1 amide bonds. The molecule has 4 nitrogen and oxygen atoms in total. The first-order valence-corrected chi connectivity index (χ1v) is 9.68. The molecular weight excluding hydrogens is 330 g/mol. The van der Waals surface area contributed by atoms with Crippen LogP contribution in [-0.4, -0.2) is 18.5 Å². The maximum Gasteiger partial charge on any atom is 0.244 e. The Morgan fingerprint density at radius 3 is 3.04 bits per heavy atom. The van der Waals surface area contributed by atoms with Crippen molar-refractivity contribution in [1.29, 1.82) is 5.26 Å². The molecule has 0 spiro atoms. The molecule has 2 aliphatic rings. The molecular formula is C20H21N3OS. The summed E-state index contributed by atoms with van der Waals surface area (Å²) < 4.78 is 0. The predicted octanol–water partition coefficient (Wildman–Crippen LogP) is 3.89. The molecule has 128 valence electrons. The number of fused-ring (bicyclic) bond motifs is 2. The van der Waals surface area contributed by atoms with Crippen molar-refractivity contribution in [2.45, 2.75) is 45.1 Å². The Balaban J connectivity index is 1.53. The number of nitriles is 1. The van der Waals surface area contributed by atoms with Gasteiger partial charge in [0.15, 0.2) is 0 Å². The number of carbonyl (C=O) groups excluding carboxylic acids is 1. The van der Waals surface area contributed by atoms with Crippen molar-refractivity contribution in [3.8, 4) is 6.07 Å². The molecule has 0 saturated heterocycles. The molecule has 1 aliphatic heterocycles. The summed E-state index contributed by atoms with van der Waals surface area (Å²) in [7, 11) is 0. The summed E-state index contributed by atoms with van der Waals surface area (Å²) in [5.41, 5.74) is 4.30. The maximum absolute atomic E-state index is 12.7. The van der Waals surface area contributed by atoms with E-state index < -0.39 is 0 Å². The maximum atomic E-state index is 12.7. The van der Waals surface area contributed by atoms with Crippen LogP contribution in [0.1, 0.15) is 41.3 Å². The number of carbonyl (C=O) groups is 1. The summed E-state index contributed by atoms with van der Waals surface area (Å²) in [6.45, 7) is 2.50. The van der Waals surface area contributed by atoms with Crippen molar-refractivity contribution in [2.75, 3.05) is 16.8 Å².